The van der Waals surface area contributed by atoms with E-state index in [1.165, 1.54) is 7.11 Å². The van der Waals surface area contributed by atoms with E-state index in [1.54, 1.807) is 25.3 Å². The number of piperidine rings is 1. The number of aromatic nitrogens is 3. The van der Waals surface area contributed by atoms with Gasteiger partial charge in [-0.3, -0.25) is 4.79 Å². The van der Waals surface area contributed by atoms with Crippen molar-refractivity contribution >= 4 is 5.91 Å². The Hall–Kier alpha value is -2.48. The van der Waals surface area contributed by atoms with Crippen molar-refractivity contribution in [2.24, 2.45) is 5.92 Å². The molecule has 0 spiro atoms. The van der Waals surface area contributed by atoms with Crippen LogP contribution in [0.3, 0.4) is 0 Å². The Morgan fingerprint density at radius 3 is 3.08 bits per heavy atom. The first-order chi connectivity index (χ1) is 12.2. The van der Waals surface area contributed by atoms with Gasteiger partial charge in [0.2, 0.25) is 17.6 Å². The van der Waals surface area contributed by atoms with Gasteiger partial charge in [-0.15, -0.1) is 0 Å². The maximum Gasteiger partial charge on any atom is 0.259 e. The molecule has 8 heteroatoms. The second-order valence-electron chi connectivity index (χ2n) is 6.43. The SMILES string of the molecule is COc1ncccc1C(=O)N1CC[C@H]2C[C@@H](c3noc(C)n3)O[C@@H]2C1. The van der Waals surface area contributed by atoms with Crippen LogP contribution in [0.1, 0.15) is 41.0 Å². The van der Waals surface area contributed by atoms with E-state index < -0.39 is 0 Å². The van der Waals surface area contributed by atoms with Crippen LogP contribution in [0.4, 0.5) is 0 Å². The van der Waals surface area contributed by atoms with Gasteiger partial charge in [0.15, 0.2) is 0 Å². The van der Waals surface area contributed by atoms with Gasteiger partial charge in [0.1, 0.15) is 11.7 Å². The zero-order valence-electron chi connectivity index (χ0n) is 14.2. The summed E-state index contributed by atoms with van der Waals surface area (Å²) in [6.45, 7) is 3.01. The van der Waals surface area contributed by atoms with Gasteiger partial charge in [-0.2, -0.15) is 4.98 Å². The molecule has 8 nitrogen and oxygen atoms in total. The Balaban J connectivity index is 1.46. The number of methoxy groups -OCH3 is 1. The van der Waals surface area contributed by atoms with Crippen molar-refractivity contribution in [1.29, 1.82) is 0 Å². The van der Waals surface area contributed by atoms with Gasteiger partial charge in [0.05, 0.1) is 13.2 Å². The van der Waals surface area contributed by atoms with Crippen molar-refractivity contribution in [3.05, 3.63) is 35.6 Å². The quantitative estimate of drug-likeness (QED) is 0.838. The minimum atomic E-state index is -0.157. The van der Waals surface area contributed by atoms with Gasteiger partial charge in [0, 0.05) is 26.2 Å². The number of fused-ring (bicyclic) bond motifs is 1. The number of amides is 1. The first kappa shape index (κ1) is 16.0. The zero-order valence-corrected chi connectivity index (χ0v) is 14.2. The summed E-state index contributed by atoms with van der Waals surface area (Å²) in [5.74, 6) is 1.81. The zero-order chi connectivity index (χ0) is 17.4. The molecule has 0 radical (unpaired) electrons. The highest BCUT2D eigenvalue weighted by Gasteiger charge is 2.42. The first-order valence-electron chi connectivity index (χ1n) is 8.39. The second-order valence-corrected chi connectivity index (χ2v) is 6.43. The number of pyridine rings is 1. The highest BCUT2D eigenvalue weighted by molar-refractivity contribution is 5.96. The summed E-state index contributed by atoms with van der Waals surface area (Å²) in [4.78, 5) is 23.0. The Morgan fingerprint density at radius 2 is 2.32 bits per heavy atom. The number of hydrogen-bond acceptors (Lipinski definition) is 7. The lowest BCUT2D eigenvalue weighted by Gasteiger charge is -2.34. The molecule has 2 saturated heterocycles. The van der Waals surface area contributed by atoms with E-state index in [1.807, 2.05) is 4.90 Å². The van der Waals surface area contributed by atoms with Crippen molar-refractivity contribution in [1.82, 2.24) is 20.0 Å². The minimum absolute atomic E-state index is 0.0100. The summed E-state index contributed by atoms with van der Waals surface area (Å²) in [6.07, 6.45) is 3.20. The van der Waals surface area contributed by atoms with E-state index >= 15 is 0 Å². The minimum Gasteiger partial charge on any atom is -0.480 e. The van der Waals surface area contributed by atoms with E-state index in [4.69, 9.17) is 14.0 Å². The third-order valence-corrected chi connectivity index (χ3v) is 4.87. The van der Waals surface area contributed by atoms with Crippen LogP contribution in [-0.2, 0) is 4.74 Å². The molecule has 1 amide bonds. The fourth-order valence-corrected chi connectivity index (χ4v) is 3.61. The number of carbonyl (C=O) groups excluding carboxylic acids is 1. The molecule has 2 aromatic rings. The van der Waals surface area contributed by atoms with Crippen LogP contribution in [0.2, 0.25) is 0 Å². The van der Waals surface area contributed by atoms with Crippen molar-refractivity contribution in [3.63, 3.8) is 0 Å². The van der Waals surface area contributed by atoms with Crippen molar-refractivity contribution < 1.29 is 18.8 Å². The molecule has 2 aliphatic heterocycles. The lowest BCUT2D eigenvalue weighted by molar-refractivity contribution is -0.00756. The van der Waals surface area contributed by atoms with Gasteiger partial charge in [-0.1, -0.05) is 5.16 Å². The van der Waals surface area contributed by atoms with Crippen LogP contribution < -0.4 is 4.74 Å². The van der Waals surface area contributed by atoms with E-state index in [0.717, 1.165) is 12.8 Å². The standard InChI is InChI=1S/C17H20N4O4/c1-10-19-15(20-25-10)13-8-11-5-7-21(9-14(11)24-13)17(22)12-4-3-6-18-16(12)23-2/h3-4,6,11,13-14H,5,7-9H2,1-2H3/t11-,13-,14+/m0/s1. The summed E-state index contributed by atoms with van der Waals surface area (Å²) in [7, 11) is 1.52. The van der Waals surface area contributed by atoms with Gasteiger partial charge < -0.3 is 18.9 Å². The normalized spacial score (nSPS) is 25.7. The van der Waals surface area contributed by atoms with Crippen LogP contribution >= 0.6 is 0 Å². The van der Waals surface area contributed by atoms with E-state index in [0.29, 0.717) is 42.2 Å². The van der Waals surface area contributed by atoms with Gasteiger partial charge in [-0.05, 0) is 30.9 Å². The Bertz CT molecular complexity index is 778. The van der Waals surface area contributed by atoms with E-state index in [9.17, 15) is 4.79 Å². The first-order valence-corrected chi connectivity index (χ1v) is 8.39. The topological polar surface area (TPSA) is 90.6 Å². The maximum atomic E-state index is 12.8. The molecule has 2 aromatic heterocycles. The Labute approximate surface area is 145 Å². The van der Waals surface area contributed by atoms with Crippen LogP contribution in [0.5, 0.6) is 5.88 Å². The molecule has 2 fully saturated rings. The van der Waals surface area contributed by atoms with Crippen LogP contribution in [-0.4, -0.2) is 52.2 Å². The van der Waals surface area contributed by atoms with Crippen LogP contribution in [0, 0.1) is 12.8 Å². The van der Waals surface area contributed by atoms with Gasteiger partial charge in [0.25, 0.3) is 5.91 Å². The molecule has 4 rings (SSSR count). The molecule has 0 aromatic carbocycles. The number of nitrogens with zero attached hydrogens (tertiary/aromatic N) is 4. The molecule has 132 valence electrons. The summed E-state index contributed by atoms with van der Waals surface area (Å²) < 4.78 is 16.4. The summed E-state index contributed by atoms with van der Waals surface area (Å²) >= 11 is 0. The van der Waals surface area contributed by atoms with Crippen LogP contribution in [0.15, 0.2) is 22.9 Å². The van der Waals surface area contributed by atoms with E-state index in [2.05, 4.69) is 15.1 Å². The molecule has 0 aliphatic carbocycles. The number of ether oxygens (including phenoxy) is 2. The molecule has 3 atom stereocenters. The predicted molar refractivity (Wildman–Crippen MR) is 86.1 cm³/mol. The van der Waals surface area contributed by atoms with Gasteiger partial charge >= 0.3 is 0 Å². The molecule has 0 bridgehead atoms. The molecule has 4 heterocycles. The smallest absolute Gasteiger partial charge is 0.259 e. The fourth-order valence-electron chi connectivity index (χ4n) is 3.61. The number of aryl methyl sites for hydroxylation is 1. The van der Waals surface area contributed by atoms with Crippen molar-refractivity contribution in [3.8, 4) is 5.88 Å². The van der Waals surface area contributed by atoms with Gasteiger partial charge in [-0.25, -0.2) is 4.98 Å². The average molecular weight is 344 g/mol. The number of carbonyl (C=O) groups is 1. The molecule has 25 heavy (non-hydrogen) atoms. The highest BCUT2D eigenvalue weighted by Crippen LogP contribution is 2.40. The summed E-state index contributed by atoms with van der Waals surface area (Å²) in [5.41, 5.74) is 0.479. The second kappa shape index (κ2) is 6.44. The Kier molecular flexibility index (Phi) is 4.12. The lowest BCUT2D eigenvalue weighted by atomic mass is 9.91. The number of rotatable bonds is 3. The average Bonchev–Trinajstić information content (AvgIpc) is 3.26. The predicted octanol–water partition coefficient (Wildman–Crippen LogP) is 1.77. The molecular formula is C17H20N4O4. The fraction of sp³-hybridized carbons (Fsp3) is 0.529. The summed E-state index contributed by atoms with van der Waals surface area (Å²) in [5, 5.41) is 3.96. The maximum absolute atomic E-state index is 12.8. The Morgan fingerprint density at radius 1 is 1.44 bits per heavy atom. The molecule has 0 unspecified atom stereocenters. The molecule has 2 aliphatic rings. The molecule has 0 N–H and O–H groups in total. The molecule has 0 saturated carbocycles. The third-order valence-electron chi connectivity index (χ3n) is 4.87. The monoisotopic (exact) mass is 344 g/mol. The molecular weight excluding hydrogens is 324 g/mol. The van der Waals surface area contributed by atoms with Crippen molar-refractivity contribution in [2.45, 2.75) is 32.0 Å². The van der Waals surface area contributed by atoms with Crippen LogP contribution in [0.25, 0.3) is 0 Å². The largest absolute Gasteiger partial charge is 0.480 e. The van der Waals surface area contributed by atoms with Crippen molar-refractivity contribution in [2.75, 3.05) is 20.2 Å². The number of hydrogen-bond donors (Lipinski definition) is 0. The number of likely N-dealkylation sites (tertiary alicyclic amines) is 1. The lowest BCUT2D eigenvalue weighted by Crippen LogP contribution is -2.45. The van der Waals surface area contributed by atoms with E-state index in [-0.39, 0.29) is 18.1 Å². The highest BCUT2D eigenvalue weighted by atomic mass is 16.5. The third kappa shape index (κ3) is 2.97. The summed E-state index contributed by atoms with van der Waals surface area (Å²) in [6, 6.07) is 3.48.